The summed E-state index contributed by atoms with van der Waals surface area (Å²) >= 11 is 1.46. The number of rotatable bonds is 5. The van der Waals surface area contributed by atoms with Crippen LogP contribution in [0.4, 0.5) is 0 Å². The molecule has 1 unspecified atom stereocenters. The molecule has 0 bridgehead atoms. The van der Waals surface area contributed by atoms with E-state index in [-0.39, 0.29) is 17.7 Å². The van der Waals surface area contributed by atoms with Crippen molar-refractivity contribution in [1.82, 2.24) is 10.2 Å². The molecule has 1 aromatic carbocycles. The number of amides is 2. The number of benzene rings is 1. The first-order chi connectivity index (χ1) is 12.1. The summed E-state index contributed by atoms with van der Waals surface area (Å²) in [5.74, 6) is 0.0132. The number of nitrogens with zero attached hydrogens (tertiary/aromatic N) is 1. The summed E-state index contributed by atoms with van der Waals surface area (Å²) in [7, 11) is 0. The van der Waals surface area contributed by atoms with Crippen LogP contribution in [0.5, 0.6) is 0 Å². The molecule has 1 N–H and O–H groups in total. The minimum absolute atomic E-state index is 0.0485. The van der Waals surface area contributed by atoms with E-state index in [9.17, 15) is 9.59 Å². The van der Waals surface area contributed by atoms with Gasteiger partial charge in [0.05, 0.1) is 10.8 Å². The zero-order valence-electron chi connectivity index (χ0n) is 14.5. The first kappa shape index (κ1) is 17.7. The summed E-state index contributed by atoms with van der Waals surface area (Å²) in [6.07, 6.45) is 2.57. The van der Waals surface area contributed by atoms with E-state index in [1.165, 1.54) is 22.5 Å². The van der Waals surface area contributed by atoms with E-state index in [4.69, 9.17) is 0 Å². The first-order valence-electron chi connectivity index (χ1n) is 8.80. The SMILES string of the molecule is Cc1ccccc1CCNC(=O)C1CCCN(C(=O)c2cccs2)C1. The highest BCUT2D eigenvalue weighted by Gasteiger charge is 2.29. The van der Waals surface area contributed by atoms with E-state index in [2.05, 4.69) is 24.4 Å². The van der Waals surface area contributed by atoms with Crippen molar-refractivity contribution in [2.45, 2.75) is 26.2 Å². The van der Waals surface area contributed by atoms with Gasteiger partial charge in [0.1, 0.15) is 0 Å². The smallest absolute Gasteiger partial charge is 0.263 e. The first-order valence-corrected chi connectivity index (χ1v) is 9.68. The maximum atomic E-state index is 12.5. The van der Waals surface area contributed by atoms with Crippen molar-refractivity contribution in [3.8, 4) is 0 Å². The number of carbonyl (C=O) groups excluding carboxylic acids is 2. The maximum absolute atomic E-state index is 12.5. The van der Waals surface area contributed by atoms with Gasteiger partial charge in [0, 0.05) is 19.6 Å². The predicted molar refractivity (Wildman–Crippen MR) is 101 cm³/mol. The fourth-order valence-corrected chi connectivity index (χ4v) is 3.98. The number of nitrogens with one attached hydrogen (secondary N) is 1. The summed E-state index contributed by atoms with van der Waals surface area (Å²) in [5, 5.41) is 4.96. The van der Waals surface area contributed by atoms with Crippen LogP contribution < -0.4 is 5.32 Å². The quantitative estimate of drug-likeness (QED) is 0.894. The van der Waals surface area contributed by atoms with Gasteiger partial charge in [0.15, 0.2) is 0 Å². The third kappa shape index (κ3) is 4.48. The van der Waals surface area contributed by atoms with Crippen molar-refractivity contribution < 1.29 is 9.59 Å². The Kier molecular flexibility index (Phi) is 5.87. The molecule has 1 fully saturated rings. The molecule has 2 heterocycles. The fraction of sp³-hybridized carbons (Fsp3) is 0.400. The highest BCUT2D eigenvalue weighted by atomic mass is 32.1. The minimum atomic E-state index is -0.102. The Morgan fingerprint density at radius 3 is 2.84 bits per heavy atom. The van der Waals surface area contributed by atoms with E-state index in [0.717, 1.165) is 30.7 Å². The van der Waals surface area contributed by atoms with Crippen LogP contribution >= 0.6 is 11.3 Å². The molecule has 2 amide bonds. The highest BCUT2D eigenvalue weighted by Crippen LogP contribution is 2.20. The van der Waals surface area contributed by atoms with Crippen molar-refractivity contribution in [3.63, 3.8) is 0 Å². The van der Waals surface area contributed by atoms with Crippen molar-refractivity contribution >= 4 is 23.2 Å². The van der Waals surface area contributed by atoms with Crippen molar-refractivity contribution in [1.29, 1.82) is 0 Å². The van der Waals surface area contributed by atoms with E-state index < -0.39 is 0 Å². The Bertz CT molecular complexity index is 727. The monoisotopic (exact) mass is 356 g/mol. The van der Waals surface area contributed by atoms with E-state index in [1.54, 1.807) is 0 Å². The summed E-state index contributed by atoms with van der Waals surface area (Å²) < 4.78 is 0. The molecule has 0 aliphatic carbocycles. The Labute approximate surface area is 152 Å². The standard InChI is InChI=1S/C20H24N2O2S/c1-15-6-2-3-7-16(15)10-11-21-19(23)17-8-4-12-22(14-17)20(24)18-9-5-13-25-18/h2-3,5-7,9,13,17H,4,8,10-12,14H2,1H3,(H,21,23). The zero-order chi connectivity index (χ0) is 17.6. The third-order valence-electron chi connectivity index (χ3n) is 4.77. The number of hydrogen-bond acceptors (Lipinski definition) is 3. The molecular formula is C20H24N2O2S. The van der Waals surface area contributed by atoms with Crippen LogP contribution in [-0.2, 0) is 11.2 Å². The van der Waals surface area contributed by atoms with Crippen molar-refractivity contribution in [3.05, 3.63) is 57.8 Å². The minimum Gasteiger partial charge on any atom is -0.355 e. The lowest BCUT2D eigenvalue weighted by molar-refractivity contribution is -0.126. The number of hydrogen-bond donors (Lipinski definition) is 1. The molecule has 1 aromatic heterocycles. The second kappa shape index (κ2) is 8.30. The number of aryl methyl sites for hydroxylation is 1. The molecule has 0 saturated carbocycles. The van der Waals surface area contributed by atoms with Crippen molar-refractivity contribution in [2.24, 2.45) is 5.92 Å². The van der Waals surface area contributed by atoms with Crippen LogP contribution in [0.1, 0.15) is 33.6 Å². The van der Waals surface area contributed by atoms with Gasteiger partial charge in [0.2, 0.25) is 5.91 Å². The van der Waals surface area contributed by atoms with E-state index in [1.807, 2.05) is 34.5 Å². The average molecular weight is 356 g/mol. The van der Waals surface area contributed by atoms with Gasteiger partial charge in [-0.1, -0.05) is 30.3 Å². The summed E-state index contributed by atoms with van der Waals surface area (Å²) in [4.78, 5) is 27.5. The molecule has 1 atom stereocenters. The second-order valence-electron chi connectivity index (χ2n) is 6.54. The molecule has 0 spiro atoms. The molecule has 3 rings (SSSR count). The number of likely N-dealkylation sites (tertiary alicyclic amines) is 1. The molecule has 1 aliphatic heterocycles. The fourth-order valence-electron chi connectivity index (χ4n) is 3.29. The Hall–Kier alpha value is -2.14. The van der Waals surface area contributed by atoms with Gasteiger partial charge < -0.3 is 10.2 Å². The zero-order valence-corrected chi connectivity index (χ0v) is 15.3. The van der Waals surface area contributed by atoms with Gasteiger partial charge in [-0.25, -0.2) is 0 Å². The Morgan fingerprint density at radius 1 is 1.24 bits per heavy atom. The molecule has 1 saturated heterocycles. The number of thiophene rings is 1. The van der Waals surface area contributed by atoms with Crippen LogP contribution in [0.25, 0.3) is 0 Å². The third-order valence-corrected chi connectivity index (χ3v) is 5.62. The predicted octanol–water partition coefficient (Wildman–Crippen LogP) is 3.27. The normalized spacial score (nSPS) is 17.3. The second-order valence-corrected chi connectivity index (χ2v) is 7.48. The number of carbonyl (C=O) groups is 2. The summed E-state index contributed by atoms with van der Waals surface area (Å²) in [5.41, 5.74) is 2.52. The van der Waals surface area contributed by atoms with Crippen LogP contribution in [0.15, 0.2) is 41.8 Å². The molecule has 25 heavy (non-hydrogen) atoms. The molecule has 5 heteroatoms. The molecule has 0 radical (unpaired) electrons. The maximum Gasteiger partial charge on any atom is 0.263 e. The lowest BCUT2D eigenvalue weighted by atomic mass is 9.96. The van der Waals surface area contributed by atoms with Gasteiger partial charge in [-0.3, -0.25) is 9.59 Å². The van der Waals surface area contributed by atoms with Crippen LogP contribution in [-0.4, -0.2) is 36.3 Å². The lowest BCUT2D eigenvalue weighted by Crippen LogP contribution is -2.45. The van der Waals surface area contributed by atoms with Crippen LogP contribution in [0.2, 0.25) is 0 Å². The average Bonchev–Trinajstić information content (AvgIpc) is 3.17. The Morgan fingerprint density at radius 2 is 2.08 bits per heavy atom. The Balaban J connectivity index is 1.50. The molecular weight excluding hydrogens is 332 g/mol. The van der Waals surface area contributed by atoms with Gasteiger partial charge in [-0.15, -0.1) is 11.3 Å². The van der Waals surface area contributed by atoms with Crippen LogP contribution in [0, 0.1) is 12.8 Å². The van der Waals surface area contributed by atoms with Gasteiger partial charge >= 0.3 is 0 Å². The molecule has 132 valence electrons. The van der Waals surface area contributed by atoms with E-state index >= 15 is 0 Å². The van der Waals surface area contributed by atoms with Gasteiger partial charge in [-0.2, -0.15) is 0 Å². The topological polar surface area (TPSA) is 49.4 Å². The highest BCUT2D eigenvalue weighted by molar-refractivity contribution is 7.12. The van der Waals surface area contributed by atoms with Crippen molar-refractivity contribution in [2.75, 3.05) is 19.6 Å². The van der Waals surface area contributed by atoms with Gasteiger partial charge in [0.25, 0.3) is 5.91 Å². The molecule has 4 nitrogen and oxygen atoms in total. The number of piperidine rings is 1. The summed E-state index contributed by atoms with van der Waals surface area (Å²) in [6, 6.07) is 12.0. The van der Waals surface area contributed by atoms with Crippen LogP contribution in [0.3, 0.4) is 0 Å². The largest absolute Gasteiger partial charge is 0.355 e. The summed E-state index contributed by atoms with van der Waals surface area (Å²) in [6.45, 7) is 3.99. The molecule has 2 aromatic rings. The van der Waals surface area contributed by atoms with Gasteiger partial charge in [-0.05, 0) is 48.8 Å². The lowest BCUT2D eigenvalue weighted by Gasteiger charge is -2.31. The molecule has 1 aliphatic rings. The van der Waals surface area contributed by atoms with E-state index in [0.29, 0.717) is 13.1 Å².